The highest BCUT2D eigenvalue weighted by Crippen LogP contribution is 2.74. The summed E-state index contributed by atoms with van der Waals surface area (Å²) >= 11 is 0. The third-order valence-electron chi connectivity index (χ3n) is 10.7. The second-order valence-corrected chi connectivity index (χ2v) is 13.0. The summed E-state index contributed by atoms with van der Waals surface area (Å²) < 4.78 is 11.0. The molecule has 1 heterocycles. The fourth-order valence-corrected chi connectivity index (χ4v) is 8.76. The topological polar surface area (TPSA) is 90.0 Å². The Labute approximate surface area is 289 Å². The number of fused-ring (bicyclic) bond motifs is 5. The van der Waals surface area contributed by atoms with Gasteiger partial charge < -0.3 is 9.47 Å². The van der Waals surface area contributed by atoms with Gasteiger partial charge in [0.05, 0.1) is 42.6 Å². The highest BCUT2D eigenvalue weighted by molar-refractivity contribution is 6.39. The van der Waals surface area contributed by atoms with Gasteiger partial charge in [0, 0.05) is 5.56 Å². The molecule has 50 heavy (non-hydrogen) atoms. The van der Waals surface area contributed by atoms with Gasteiger partial charge in [-0.25, -0.2) is 4.90 Å². The number of carbonyl (C=O) groups is 4. The number of nitrogens with zero attached hydrogens (tertiary/aromatic N) is 1. The molecule has 3 aliphatic rings. The molecule has 1 saturated carbocycles. The number of allylic oxidation sites excluding steroid dienone is 2. The van der Waals surface area contributed by atoms with Crippen molar-refractivity contribution in [2.75, 3.05) is 19.1 Å². The Bertz CT molecular complexity index is 2100. The maximum absolute atomic E-state index is 16.1. The van der Waals surface area contributed by atoms with Crippen molar-refractivity contribution in [2.24, 2.45) is 11.8 Å². The van der Waals surface area contributed by atoms with E-state index in [4.69, 9.17) is 9.47 Å². The highest BCUT2D eigenvalue weighted by Gasteiger charge is 2.82. The average Bonchev–Trinajstić information content (AvgIpc) is 3.67. The van der Waals surface area contributed by atoms with Crippen LogP contribution < -0.4 is 14.4 Å². The lowest BCUT2D eigenvalue weighted by atomic mass is 9.59. The first-order valence-corrected chi connectivity index (χ1v) is 16.5. The number of anilines is 1. The monoisotopic (exact) mass is 659 g/mol. The molecule has 4 atom stereocenters. The van der Waals surface area contributed by atoms with Crippen molar-refractivity contribution >= 4 is 40.2 Å². The quantitative estimate of drug-likeness (QED) is 0.131. The summed E-state index contributed by atoms with van der Waals surface area (Å²) in [6.07, 6.45) is 0. The lowest BCUT2D eigenvalue weighted by Gasteiger charge is -2.39. The zero-order chi connectivity index (χ0) is 34.8. The number of imide groups is 1. The molecule has 2 aliphatic carbocycles. The highest BCUT2D eigenvalue weighted by atomic mass is 16.5. The molecule has 0 spiro atoms. The fraction of sp³-hybridized carbons (Fsp3) is 0.163. The van der Waals surface area contributed by atoms with Crippen LogP contribution in [0.25, 0.3) is 11.1 Å². The Balaban J connectivity index is 1.53. The first kappa shape index (κ1) is 31.2. The minimum atomic E-state index is -1.55. The molecule has 8 rings (SSSR count). The van der Waals surface area contributed by atoms with Crippen LogP contribution in [0.15, 0.2) is 133 Å². The van der Waals surface area contributed by atoms with Gasteiger partial charge in [-0.2, -0.15) is 0 Å². The first-order chi connectivity index (χ1) is 24.3. The number of carbonyl (C=O) groups excluding carboxylic acids is 4. The molecule has 1 aliphatic heterocycles. The molecule has 246 valence electrons. The van der Waals surface area contributed by atoms with Crippen LogP contribution in [0.2, 0.25) is 0 Å². The molecule has 0 radical (unpaired) electrons. The van der Waals surface area contributed by atoms with Crippen molar-refractivity contribution in [3.05, 3.63) is 161 Å². The minimum Gasteiger partial charge on any atom is -0.497 e. The second kappa shape index (κ2) is 11.5. The van der Waals surface area contributed by atoms with Gasteiger partial charge in [-0.3, -0.25) is 19.2 Å². The van der Waals surface area contributed by atoms with Crippen LogP contribution in [0.1, 0.15) is 39.5 Å². The zero-order valence-corrected chi connectivity index (χ0v) is 27.8. The smallest absolute Gasteiger partial charge is 0.239 e. The average molecular weight is 660 g/mol. The van der Waals surface area contributed by atoms with Crippen molar-refractivity contribution in [3.8, 4) is 11.5 Å². The van der Waals surface area contributed by atoms with Gasteiger partial charge >= 0.3 is 0 Å². The molecule has 0 unspecified atom stereocenters. The van der Waals surface area contributed by atoms with E-state index in [9.17, 15) is 4.79 Å². The number of ether oxygens (including phenoxy) is 2. The summed E-state index contributed by atoms with van der Waals surface area (Å²) in [5.74, 6) is -2.23. The predicted molar refractivity (Wildman–Crippen MR) is 190 cm³/mol. The van der Waals surface area contributed by atoms with E-state index in [1.807, 2.05) is 109 Å². The van der Waals surface area contributed by atoms with E-state index in [2.05, 4.69) is 0 Å². The summed E-state index contributed by atoms with van der Waals surface area (Å²) in [6, 6.07) is 40.3. The predicted octanol–water partition coefficient (Wildman–Crippen LogP) is 7.10. The Morgan fingerprint density at radius 1 is 0.580 bits per heavy atom. The van der Waals surface area contributed by atoms with Gasteiger partial charge in [0.25, 0.3) is 0 Å². The molecule has 0 N–H and O–H groups in total. The van der Waals surface area contributed by atoms with Gasteiger partial charge in [0.15, 0.2) is 11.6 Å². The first-order valence-electron chi connectivity index (χ1n) is 16.5. The van der Waals surface area contributed by atoms with Crippen LogP contribution in [0.4, 0.5) is 5.69 Å². The molecular weight excluding hydrogens is 626 g/mol. The number of rotatable bonds is 8. The van der Waals surface area contributed by atoms with E-state index >= 15 is 14.4 Å². The number of methoxy groups -OCH3 is 2. The third-order valence-corrected chi connectivity index (χ3v) is 10.7. The van der Waals surface area contributed by atoms with Crippen LogP contribution in [0.3, 0.4) is 0 Å². The van der Waals surface area contributed by atoms with Crippen molar-refractivity contribution < 1.29 is 28.7 Å². The number of benzene rings is 5. The van der Waals surface area contributed by atoms with Crippen molar-refractivity contribution in [2.45, 2.75) is 17.8 Å². The minimum absolute atomic E-state index is 0.187. The largest absolute Gasteiger partial charge is 0.497 e. The standard InChI is InChI=1S/C43H33NO6/c1-26(45)29-11-10-16-32(25-29)44-39(46)37-38(40(44)47)43(31-14-8-5-9-15-31)36(28-19-23-34(50-3)24-20-28)35(27-17-21-33(49-2)22-18-27)42(37,41(43)48)30-12-6-4-7-13-30/h4-25,37-38H,1-3H3/t37-,38+,42-,43-/m1/s1. The summed E-state index contributed by atoms with van der Waals surface area (Å²) in [5.41, 5.74) is 1.67. The van der Waals surface area contributed by atoms with Crippen molar-refractivity contribution in [1.29, 1.82) is 0 Å². The Hall–Kier alpha value is -6.08. The molecule has 2 fully saturated rings. The number of ketones is 2. The molecule has 5 aromatic carbocycles. The summed E-state index contributed by atoms with van der Waals surface area (Å²) in [5, 5.41) is 0. The van der Waals surface area contributed by atoms with E-state index in [1.165, 1.54) is 11.8 Å². The maximum atomic E-state index is 16.1. The van der Waals surface area contributed by atoms with Gasteiger partial charge in [0.1, 0.15) is 11.5 Å². The van der Waals surface area contributed by atoms with Crippen molar-refractivity contribution in [1.82, 2.24) is 0 Å². The molecule has 1 saturated heterocycles. The number of Topliss-reactive ketones (excluding diaryl/α,β-unsaturated/α-hetero) is 2. The second-order valence-electron chi connectivity index (χ2n) is 13.0. The molecule has 5 aromatic rings. The van der Waals surface area contributed by atoms with Gasteiger partial charge in [-0.1, -0.05) is 97.1 Å². The number of hydrogen-bond donors (Lipinski definition) is 0. The Morgan fingerprint density at radius 2 is 1.02 bits per heavy atom. The molecule has 7 nitrogen and oxygen atoms in total. The Kier molecular flexibility index (Phi) is 7.19. The molecule has 2 bridgehead atoms. The van der Waals surface area contributed by atoms with E-state index in [1.54, 1.807) is 38.5 Å². The van der Waals surface area contributed by atoms with Gasteiger partial charge in [-0.05, 0) is 76.7 Å². The third kappa shape index (κ3) is 4.03. The van der Waals surface area contributed by atoms with Crippen molar-refractivity contribution in [3.63, 3.8) is 0 Å². The number of amides is 2. The van der Waals surface area contributed by atoms with E-state index in [0.29, 0.717) is 45.0 Å². The van der Waals surface area contributed by atoms with Gasteiger partial charge in [0.2, 0.25) is 11.8 Å². The van der Waals surface area contributed by atoms with Gasteiger partial charge in [-0.15, -0.1) is 0 Å². The summed E-state index contributed by atoms with van der Waals surface area (Å²) in [7, 11) is 3.19. The molecule has 2 amide bonds. The van der Waals surface area contributed by atoms with Crippen LogP contribution in [0.5, 0.6) is 11.5 Å². The van der Waals surface area contributed by atoms with Crippen LogP contribution in [0, 0.1) is 11.8 Å². The SMILES string of the molecule is COc1ccc(C2=C(c3ccc(OC)cc3)[C@@]3(c4ccccc4)C(=O)[C@@]2(c2ccccc2)[C@@H]2C(=O)N(c4cccc(C(C)=O)c4)C(=O)[C@@H]23)cc1. The maximum Gasteiger partial charge on any atom is 0.239 e. The van der Waals surface area contributed by atoms with E-state index in [-0.39, 0.29) is 11.6 Å². The molecule has 0 aromatic heterocycles. The molecular formula is C43H33NO6. The molecule has 7 heteroatoms. The fourth-order valence-electron chi connectivity index (χ4n) is 8.76. The van der Waals surface area contributed by atoms with Crippen LogP contribution in [-0.4, -0.2) is 37.6 Å². The van der Waals surface area contributed by atoms with Crippen LogP contribution in [-0.2, 0) is 25.2 Å². The lowest BCUT2D eigenvalue weighted by Crippen LogP contribution is -2.45. The summed E-state index contributed by atoms with van der Waals surface area (Å²) in [4.78, 5) is 60.1. The lowest BCUT2D eigenvalue weighted by molar-refractivity contribution is -0.130. The van der Waals surface area contributed by atoms with Crippen LogP contribution >= 0.6 is 0 Å². The Morgan fingerprint density at radius 3 is 1.42 bits per heavy atom. The number of hydrogen-bond acceptors (Lipinski definition) is 6. The normalized spacial score (nSPS) is 23.7. The van der Waals surface area contributed by atoms with E-state index < -0.39 is 34.5 Å². The zero-order valence-electron chi connectivity index (χ0n) is 27.8. The van der Waals surface area contributed by atoms with E-state index in [0.717, 1.165) is 11.1 Å². The summed E-state index contributed by atoms with van der Waals surface area (Å²) in [6.45, 7) is 1.45.